The Labute approximate surface area is 217 Å². The van der Waals surface area contributed by atoms with Crippen molar-refractivity contribution >= 4 is 23.3 Å². The number of halogens is 6. The van der Waals surface area contributed by atoms with Gasteiger partial charge < -0.3 is 19.7 Å². The molecular weight excluding hydrogens is 546 g/mol. The van der Waals surface area contributed by atoms with Crippen molar-refractivity contribution < 1.29 is 55.6 Å². The molecule has 2 fully saturated rings. The first-order chi connectivity index (χ1) is 17.6. The smallest absolute Gasteiger partial charge is 0.475 e. The number of hydrogen-bond donors (Lipinski definition) is 2. The van der Waals surface area contributed by atoms with Gasteiger partial charge in [-0.2, -0.15) is 26.3 Å². The van der Waals surface area contributed by atoms with E-state index in [-0.39, 0.29) is 11.7 Å². The molecule has 1 spiro atoms. The van der Waals surface area contributed by atoms with E-state index in [1.807, 2.05) is 23.6 Å². The summed E-state index contributed by atoms with van der Waals surface area (Å²) in [4.78, 5) is 25.9. The highest BCUT2D eigenvalue weighted by Gasteiger charge is 2.46. The van der Waals surface area contributed by atoms with E-state index in [4.69, 9.17) is 29.3 Å². The normalized spacial score (nSPS) is 21.4. The van der Waals surface area contributed by atoms with Gasteiger partial charge in [0.1, 0.15) is 0 Å². The monoisotopic (exact) mass is 572 g/mol. The summed E-state index contributed by atoms with van der Waals surface area (Å²) in [6.07, 6.45) is -4.18. The second kappa shape index (κ2) is 13.4. The minimum absolute atomic E-state index is 0.00473. The Morgan fingerprint density at radius 1 is 1.18 bits per heavy atom. The van der Waals surface area contributed by atoms with Crippen molar-refractivity contribution in [2.45, 2.75) is 57.0 Å². The second-order valence-electron chi connectivity index (χ2n) is 8.59. The predicted molar refractivity (Wildman–Crippen MR) is 122 cm³/mol. The third-order valence-corrected chi connectivity index (χ3v) is 6.61. The molecule has 212 valence electrons. The van der Waals surface area contributed by atoms with E-state index in [0.717, 1.165) is 38.0 Å². The van der Waals surface area contributed by atoms with Crippen LogP contribution in [0.25, 0.3) is 0 Å². The van der Waals surface area contributed by atoms with E-state index in [1.54, 1.807) is 6.20 Å². The van der Waals surface area contributed by atoms with Gasteiger partial charge in [0.25, 0.3) is 0 Å². The fraction of sp³-hybridized carbons (Fsp3) is 0.522. The number of nitrogens with zero attached hydrogens (tertiary/aromatic N) is 2. The highest BCUT2D eigenvalue weighted by atomic mass is 32.1. The van der Waals surface area contributed by atoms with E-state index in [0.29, 0.717) is 13.2 Å². The maximum absolute atomic E-state index is 10.6. The van der Waals surface area contributed by atoms with Crippen molar-refractivity contribution in [2.75, 3.05) is 19.7 Å². The van der Waals surface area contributed by atoms with Gasteiger partial charge in [-0.25, -0.2) is 9.59 Å². The number of likely N-dealkylation sites (tertiary alicyclic amines) is 1. The SMILES string of the molecule is Cc1ccsc1CN1CC[C@]2(C[C@@H](OCc3cccnc3)CO2)C1.O=C(O)C(F)(F)F.O=C(O)C(F)(F)F. The number of aromatic nitrogens is 1. The molecule has 2 aromatic heterocycles. The Kier molecular flexibility index (Phi) is 11.1. The lowest BCUT2D eigenvalue weighted by molar-refractivity contribution is -0.193. The lowest BCUT2D eigenvalue weighted by Crippen LogP contribution is -2.32. The van der Waals surface area contributed by atoms with E-state index in [9.17, 15) is 26.3 Å². The molecule has 2 saturated heterocycles. The minimum Gasteiger partial charge on any atom is -0.475 e. The topological polar surface area (TPSA) is 109 Å². The molecule has 2 atom stereocenters. The van der Waals surface area contributed by atoms with Crippen molar-refractivity contribution in [3.8, 4) is 0 Å². The Morgan fingerprint density at radius 3 is 2.32 bits per heavy atom. The van der Waals surface area contributed by atoms with Crippen LogP contribution in [0.3, 0.4) is 0 Å². The van der Waals surface area contributed by atoms with Crippen LogP contribution >= 0.6 is 11.3 Å². The number of carboxylic acid groups (broad SMARTS) is 2. The van der Waals surface area contributed by atoms with Gasteiger partial charge in [0.05, 0.1) is 24.9 Å². The fourth-order valence-corrected chi connectivity index (χ4v) is 4.67. The molecule has 4 rings (SSSR count). The average molecular weight is 573 g/mol. The molecule has 0 aromatic carbocycles. The van der Waals surface area contributed by atoms with E-state index in [1.165, 1.54) is 10.4 Å². The lowest BCUT2D eigenvalue weighted by Gasteiger charge is -2.23. The van der Waals surface area contributed by atoms with Crippen LogP contribution in [0.4, 0.5) is 26.3 Å². The molecule has 2 aliphatic heterocycles. The molecule has 2 N–H and O–H groups in total. The van der Waals surface area contributed by atoms with Crippen molar-refractivity contribution in [3.05, 3.63) is 52.0 Å². The van der Waals surface area contributed by atoms with Crippen molar-refractivity contribution in [1.29, 1.82) is 0 Å². The van der Waals surface area contributed by atoms with Gasteiger partial charge in [0.15, 0.2) is 0 Å². The van der Waals surface area contributed by atoms with E-state index >= 15 is 0 Å². The van der Waals surface area contributed by atoms with Crippen LogP contribution in [-0.4, -0.2) is 75.8 Å². The van der Waals surface area contributed by atoms with Gasteiger partial charge in [-0.1, -0.05) is 6.07 Å². The first-order valence-corrected chi connectivity index (χ1v) is 12.0. The van der Waals surface area contributed by atoms with Crippen LogP contribution in [0, 0.1) is 6.92 Å². The number of aliphatic carboxylic acids is 2. The largest absolute Gasteiger partial charge is 0.490 e. The number of carboxylic acids is 2. The van der Waals surface area contributed by atoms with Gasteiger partial charge in [-0.15, -0.1) is 11.3 Å². The van der Waals surface area contributed by atoms with Crippen LogP contribution < -0.4 is 0 Å². The summed E-state index contributed by atoms with van der Waals surface area (Å²) in [6.45, 7) is 6.73. The third-order valence-electron chi connectivity index (χ3n) is 5.60. The quantitative estimate of drug-likeness (QED) is 0.498. The standard InChI is InChI=1S/C19H24N2O2S.2C2HF3O2/c1-15-4-8-24-18(15)11-21-7-5-19(14-21)9-17(13-23-19)22-12-16-3-2-6-20-10-16;2*3-2(4,5)1(6)7/h2-4,6,8,10,17H,5,7,9,11-14H2,1H3;2*(H,6,7)/t17-,19+;;/m1../s1. The first kappa shape index (κ1) is 31.5. The number of rotatable bonds is 5. The summed E-state index contributed by atoms with van der Waals surface area (Å²) >= 11 is 1.86. The molecule has 0 saturated carbocycles. The molecule has 0 amide bonds. The van der Waals surface area contributed by atoms with Gasteiger partial charge in [-0.3, -0.25) is 9.88 Å². The van der Waals surface area contributed by atoms with Crippen molar-refractivity contribution in [3.63, 3.8) is 0 Å². The van der Waals surface area contributed by atoms with Crippen LogP contribution in [-0.2, 0) is 32.2 Å². The van der Waals surface area contributed by atoms with Gasteiger partial charge in [0.2, 0.25) is 0 Å². The summed E-state index contributed by atoms with van der Waals surface area (Å²) in [5.74, 6) is -5.51. The maximum Gasteiger partial charge on any atom is 0.490 e. The molecule has 4 heterocycles. The molecular formula is C23H26F6N2O6S. The Morgan fingerprint density at radius 2 is 1.82 bits per heavy atom. The molecule has 0 aliphatic carbocycles. The summed E-state index contributed by atoms with van der Waals surface area (Å²) in [6, 6.07) is 6.21. The summed E-state index contributed by atoms with van der Waals surface area (Å²) in [5, 5.41) is 16.4. The highest BCUT2D eigenvalue weighted by molar-refractivity contribution is 7.10. The average Bonchev–Trinajstić information content (AvgIpc) is 3.54. The predicted octanol–water partition coefficient (Wildman–Crippen LogP) is 4.67. The van der Waals surface area contributed by atoms with Crippen LogP contribution in [0.2, 0.25) is 0 Å². The zero-order valence-corrected chi connectivity index (χ0v) is 20.9. The van der Waals surface area contributed by atoms with Gasteiger partial charge in [0, 0.05) is 43.3 Å². The van der Waals surface area contributed by atoms with Crippen LogP contribution in [0.1, 0.15) is 28.8 Å². The second-order valence-corrected chi connectivity index (χ2v) is 9.59. The van der Waals surface area contributed by atoms with Gasteiger partial charge in [-0.05, 0) is 42.0 Å². The molecule has 0 radical (unpaired) electrons. The van der Waals surface area contributed by atoms with Crippen LogP contribution in [0.5, 0.6) is 0 Å². The van der Waals surface area contributed by atoms with Crippen LogP contribution in [0.15, 0.2) is 36.0 Å². The molecule has 8 nitrogen and oxygen atoms in total. The van der Waals surface area contributed by atoms with Crippen molar-refractivity contribution in [2.24, 2.45) is 0 Å². The number of aryl methyl sites for hydroxylation is 1. The maximum atomic E-state index is 10.6. The Balaban J connectivity index is 0.000000301. The number of alkyl halides is 6. The minimum atomic E-state index is -5.08. The zero-order valence-electron chi connectivity index (χ0n) is 20.1. The summed E-state index contributed by atoms with van der Waals surface area (Å²) in [5.41, 5.74) is 2.54. The number of thiophene rings is 1. The molecule has 0 unspecified atom stereocenters. The molecule has 38 heavy (non-hydrogen) atoms. The Hall–Kier alpha value is -2.75. The molecule has 15 heteroatoms. The number of hydrogen-bond acceptors (Lipinski definition) is 7. The first-order valence-electron chi connectivity index (χ1n) is 11.1. The number of carbonyl (C=O) groups is 2. The lowest BCUT2D eigenvalue weighted by atomic mass is 9.98. The van der Waals surface area contributed by atoms with Gasteiger partial charge >= 0.3 is 24.3 Å². The molecule has 2 aromatic rings. The van der Waals surface area contributed by atoms with E-state index < -0.39 is 24.3 Å². The molecule has 0 bridgehead atoms. The Bertz CT molecular complexity index is 1030. The van der Waals surface area contributed by atoms with E-state index in [2.05, 4.69) is 34.3 Å². The molecule has 2 aliphatic rings. The highest BCUT2D eigenvalue weighted by Crippen LogP contribution is 2.37. The number of ether oxygens (including phenoxy) is 2. The summed E-state index contributed by atoms with van der Waals surface area (Å²) < 4.78 is 75.7. The third kappa shape index (κ3) is 10.2. The number of pyridine rings is 1. The summed E-state index contributed by atoms with van der Waals surface area (Å²) in [7, 11) is 0. The fourth-order valence-electron chi connectivity index (χ4n) is 3.72. The van der Waals surface area contributed by atoms with Crippen molar-refractivity contribution in [1.82, 2.24) is 9.88 Å². The zero-order chi connectivity index (χ0) is 28.6.